The number of methoxy groups -OCH3 is 2. The van der Waals surface area contributed by atoms with E-state index < -0.39 is 5.60 Å². The Morgan fingerprint density at radius 2 is 1.88 bits per heavy atom. The van der Waals surface area contributed by atoms with Gasteiger partial charge in [-0.1, -0.05) is 26.0 Å². The van der Waals surface area contributed by atoms with Crippen molar-refractivity contribution in [2.75, 3.05) is 27.3 Å². The maximum absolute atomic E-state index is 13.8. The number of carbonyl (C=O) groups excluding carboxylic acids is 1. The van der Waals surface area contributed by atoms with E-state index in [2.05, 4.69) is 25.2 Å². The minimum atomic E-state index is -0.582. The van der Waals surface area contributed by atoms with Gasteiger partial charge in [0, 0.05) is 19.3 Å². The van der Waals surface area contributed by atoms with Crippen molar-refractivity contribution in [1.82, 2.24) is 5.32 Å². The molecule has 1 aliphatic rings. The number of fused-ring (bicyclic) bond motifs is 1. The third kappa shape index (κ3) is 6.09. The number of aryl methyl sites for hydroxylation is 2. The lowest BCUT2D eigenvalue weighted by Crippen LogP contribution is -2.48. The van der Waals surface area contributed by atoms with E-state index in [0.717, 1.165) is 55.0 Å². The largest absolute Gasteiger partial charge is 0.493 e. The molecular weight excluding hydrogens is 433 g/mol. The van der Waals surface area contributed by atoms with Gasteiger partial charge in [-0.3, -0.25) is 4.79 Å². The van der Waals surface area contributed by atoms with Gasteiger partial charge < -0.3 is 19.5 Å². The van der Waals surface area contributed by atoms with Crippen LogP contribution in [0.15, 0.2) is 36.4 Å². The molecule has 34 heavy (non-hydrogen) atoms. The summed E-state index contributed by atoms with van der Waals surface area (Å²) in [5, 5.41) is 3.54. The standard InChI is InChI=1S/C28H38FNO4/c1-19(2)27-24-10-9-23(29)18-22(24)12-13-28(27,34-20(3)31)14-16-30-15-6-7-21-8-11-25(32-4)26(17-21)33-5/h8-11,17-19,27,30H,6-7,12-16H2,1-5H3/t27-,28-/m1/s1. The topological polar surface area (TPSA) is 56.8 Å². The molecule has 2 atom stereocenters. The second kappa shape index (κ2) is 11.7. The van der Waals surface area contributed by atoms with Crippen molar-refractivity contribution < 1.29 is 23.4 Å². The number of rotatable bonds is 11. The number of ether oxygens (including phenoxy) is 3. The first-order valence-electron chi connectivity index (χ1n) is 12.2. The SMILES string of the molecule is COc1ccc(CCCNCC[C@]2(OC(C)=O)CCc3cc(F)ccc3[C@H]2C(C)C)cc1OC. The molecule has 0 radical (unpaired) electrons. The number of hydrogen-bond acceptors (Lipinski definition) is 5. The molecule has 5 nitrogen and oxygen atoms in total. The number of benzene rings is 2. The second-order valence-electron chi connectivity index (χ2n) is 9.52. The Hall–Kier alpha value is -2.60. The molecule has 2 aromatic rings. The van der Waals surface area contributed by atoms with Crippen molar-refractivity contribution >= 4 is 5.97 Å². The molecule has 0 amide bonds. The van der Waals surface area contributed by atoms with Crippen LogP contribution in [0, 0.1) is 11.7 Å². The van der Waals surface area contributed by atoms with E-state index in [1.807, 2.05) is 18.2 Å². The molecular formula is C28H38FNO4. The lowest BCUT2D eigenvalue weighted by Gasteiger charge is -2.46. The fourth-order valence-electron chi connectivity index (χ4n) is 5.46. The zero-order chi connectivity index (χ0) is 24.7. The van der Waals surface area contributed by atoms with Crippen LogP contribution in [0.2, 0.25) is 0 Å². The van der Waals surface area contributed by atoms with Gasteiger partial charge in [0.15, 0.2) is 11.5 Å². The molecule has 1 N–H and O–H groups in total. The van der Waals surface area contributed by atoms with Gasteiger partial charge in [-0.05, 0) is 85.6 Å². The minimum absolute atomic E-state index is 0.0364. The Bertz CT molecular complexity index is 977. The summed E-state index contributed by atoms with van der Waals surface area (Å²) in [5.74, 6) is 1.30. The number of esters is 1. The normalized spacial score (nSPS) is 19.6. The van der Waals surface area contributed by atoms with Crippen molar-refractivity contribution in [3.8, 4) is 11.5 Å². The zero-order valence-electron chi connectivity index (χ0n) is 21.1. The highest BCUT2D eigenvalue weighted by Crippen LogP contribution is 2.48. The average Bonchev–Trinajstić information content (AvgIpc) is 2.80. The number of nitrogens with one attached hydrogen (secondary N) is 1. The molecule has 0 bridgehead atoms. The molecule has 0 spiro atoms. The van der Waals surface area contributed by atoms with Gasteiger partial charge in [-0.15, -0.1) is 0 Å². The highest BCUT2D eigenvalue weighted by Gasteiger charge is 2.47. The Labute approximate surface area is 203 Å². The molecule has 0 saturated heterocycles. The van der Waals surface area contributed by atoms with Crippen LogP contribution in [0.4, 0.5) is 4.39 Å². The van der Waals surface area contributed by atoms with Crippen LogP contribution in [0.1, 0.15) is 62.6 Å². The van der Waals surface area contributed by atoms with Crippen LogP contribution in [0.3, 0.4) is 0 Å². The van der Waals surface area contributed by atoms with Crippen LogP contribution >= 0.6 is 0 Å². The summed E-state index contributed by atoms with van der Waals surface area (Å²) in [4.78, 5) is 12.1. The molecule has 6 heteroatoms. The van der Waals surface area contributed by atoms with Gasteiger partial charge in [0.2, 0.25) is 0 Å². The molecule has 1 aliphatic carbocycles. The zero-order valence-corrected chi connectivity index (χ0v) is 21.1. The molecule has 186 valence electrons. The number of hydrogen-bond donors (Lipinski definition) is 1. The van der Waals surface area contributed by atoms with Crippen LogP contribution in [-0.4, -0.2) is 38.9 Å². The first kappa shape index (κ1) is 26.0. The van der Waals surface area contributed by atoms with E-state index in [-0.39, 0.29) is 23.6 Å². The van der Waals surface area contributed by atoms with E-state index in [1.165, 1.54) is 18.6 Å². The van der Waals surface area contributed by atoms with Crippen LogP contribution in [0.25, 0.3) is 0 Å². The van der Waals surface area contributed by atoms with Crippen molar-refractivity contribution in [2.45, 2.75) is 64.4 Å². The molecule has 0 unspecified atom stereocenters. The van der Waals surface area contributed by atoms with E-state index in [9.17, 15) is 9.18 Å². The van der Waals surface area contributed by atoms with E-state index in [0.29, 0.717) is 12.8 Å². The van der Waals surface area contributed by atoms with Gasteiger partial charge in [0.25, 0.3) is 0 Å². The lowest BCUT2D eigenvalue weighted by atomic mass is 9.65. The first-order chi connectivity index (χ1) is 16.3. The molecule has 3 rings (SSSR count). The molecule has 0 heterocycles. The maximum atomic E-state index is 13.8. The summed E-state index contributed by atoms with van der Waals surface area (Å²) >= 11 is 0. The van der Waals surface area contributed by atoms with Crippen LogP contribution < -0.4 is 14.8 Å². The summed E-state index contributed by atoms with van der Waals surface area (Å²) in [7, 11) is 3.28. The van der Waals surface area contributed by atoms with Crippen molar-refractivity contribution in [3.63, 3.8) is 0 Å². The molecule has 0 fully saturated rings. The molecule has 0 saturated carbocycles. The van der Waals surface area contributed by atoms with Gasteiger partial charge in [-0.25, -0.2) is 4.39 Å². The predicted octanol–water partition coefficient (Wildman–Crippen LogP) is 5.44. The maximum Gasteiger partial charge on any atom is 0.303 e. The van der Waals surface area contributed by atoms with Crippen LogP contribution in [0.5, 0.6) is 11.5 Å². The average molecular weight is 472 g/mol. The summed E-state index contributed by atoms with van der Waals surface area (Å²) in [6.45, 7) is 7.39. The third-order valence-electron chi connectivity index (χ3n) is 6.83. The fourth-order valence-corrected chi connectivity index (χ4v) is 5.46. The molecule has 0 aliphatic heterocycles. The summed E-state index contributed by atoms with van der Waals surface area (Å²) in [6.07, 6.45) is 4.05. The third-order valence-corrected chi connectivity index (χ3v) is 6.83. The number of carbonyl (C=O) groups is 1. The Morgan fingerprint density at radius 1 is 1.12 bits per heavy atom. The fraction of sp³-hybridized carbons (Fsp3) is 0.536. The lowest BCUT2D eigenvalue weighted by molar-refractivity contribution is -0.164. The quantitative estimate of drug-likeness (QED) is 0.349. The van der Waals surface area contributed by atoms with E-state index in [1.54, 1.807) is 20.3 Å². The summed E-state index contributed by atoms with van der Waals surface area (Å²) < 4.78 is 30.6. The first-order valence-corrected chi connectivity index (χ1v) is 12.2. The highest BCUT2D eigenvalue weighted by molar-refractivity contribution is 5.67. The van der Waals surface area contributed by atoms with E-state index in [4.69, 9.17) is 14.2 Å². The summed E-state index contributed by atoms with van der Waals surface area (Å²) in [6, 6.07) is 11.0. The Balaban J connectivity index is 1.61. The molecule has 2 aromatic carbocycles. The second-order valence-corrected chi connectivity index (χ2v) is 9.52. The Kier molecular flexibility index (Phi) is 8.95. The van der Waals surface area contributed by atoms with Crippen molar-refractivity contribution in [2.24, 2.45) is 5.92 Å². The van der Waals surface area contributed by atoms with Gasteiger partial charge in [-0.2, -0.15) is 0 Å². The minimum Gasteiger partial charge on any atom is -0.493 e. The number of halogens is 1. The predicted molar refractivity (Wildman–Crippen MR) is 132 cm³/mol. The smallest absolute Gasteiger partial charge is 0.303 e. The van der Waals surface area contributed by atoms with Gasteiger partial charge >= 0.3 is 5.97 Å². The molecule has 0 aromatic heterocycles. The van der Waals surface area contributed by atoms with E-state index >= 15 is 0 Å². The van der Waals surface area contributed by atoms with Gasteiger partial charge in [0.1, 0.15) is 11.4 Å². The van der Waals surface area contributed by atoms with Crippen molar-refractivity contribution in [1.29, 1.82) is 0 Å². The van der Waals surface area contributed by atoms with Crippen molar-refractivity contribution in [3.05, 3.63) is 58.9 Å². The summed E-state index contributed by atoms with van der Waals surface area (Å²) in [5.41, 5.74) is 2.76. The van der Waals surface area contributed by atoms with Gasteiger partial charge in [0.05, 0.1) is 14.2 Å². The highest BCUT2D eigenvalue weighted by atomic mass is 19.1. The van der Waals surface area contributed by atoms with Crippen LogP contribution in [-0.2, 0) is 22.4 Å². The Morgan fingerprint density at radius 3 is 2.56 bits per heavy atom. The monoisotopic (exact) mass is 471 g/mol.